The first-order valence-electron chi connectivity index (χ1n) is 11.1. The van der Waals surface area contributed by atoms with Crippen molar-refractivity contribution in [2.24, 2.45) is 5.92 Å². The van der Waals surface area contributed by atoms with E-state index in [1.807, 2.05) is 37.3 Å². The van der Waals surface area contributed by atoms with Crippen LogP contribution in [0.2, 0.25) is 10.0 Å². The second-order valence-corrected chi connectivity index (χ2v) is 10.4. The fourth-order valence-electron chi connectivity index (χ4n) is 4.54. The van der Waals surface area contributed by atoms with Crippen LogP contribution < -0.4 is 10.1 Å². The Bertz CT molecular complexity index is 1040. The molecule has 1 aliphatic carbocycles. The molecule has 6 nitrogen and oxygen atoms in total. The molecule has 0 bridgehead atoms. The molecule has 178 valence electrons. The van der Waals surface area contributed by atoms with Crippen molar-refractivity contribution >= 4 is 29.2 Å². The molecule has 1 aliphatic heterocycles. The van der Waals surface area contributed by atoms with Crippen LogP contribution >= 0.6 is 23.2 Å². The minimum Gasteiger partial charge on any atom is -0.488 e. The second-order valence-electron chi connectivity index (χ2n) is 9.56. The third-order valence-corrected chi connectivity index (χ3v) is 7.09. The lowest BCUT2D eigenvalue weighted by molar-refractivity contribution is -0.139. The number of para-hydroxylation sites is 1. The topological polar surface area (TPSA) is 88.0 Å². The van der Waals surface area contributed by atoms with Gasteiger partial charge in [-0.25, -0.2) is 0 Å². The molecule has 5 atom stereocenters. The number of aliphatic hydroxyl groups is 1. The van der Waals surface area contributed by atoms with E-state index in [1.165, 1.54) is 0 Å². The van der Waals surface area contributed by atoms with Crippen LogP contribution in [0.3, 0.4) is 0 Å². The standard InChI is InChI=1S/C25H29Cl2NO5/c1-13(16-5-4-6-17-20-21(24(30)31)23(20)33-22(16)17)32-12-15(29)11-28-25(2,3)10-14-7-8-18(26)19(27)9-14/h4-9,13,15,20-21,23,28-29H,10-12H2,1-3H3,(H,30,31). The third-order valence-electron chi connectivity index (χ3n) is 6.35. The zero-order valence-corrected chi connectivity index (χ0v) is 20.4. The van der Waals surface area contributed by atoms with Crippen LogP contribution in [0, 0.1) is 5.92 Å². The molecule has 5 unspecified atom stereocenters. The van der Waals surface area contributed by atoms with Gasteiger partial charge in [-0.1, -0.05) is 47.5 Å². The number of ether oxygens (including phenoxy) is 2. The van der Waals surface area contributed by atoms with Gasteiger partial charge in [-0.15, -0.1) is 0 Å². The summed E-state index contributed by atoms with van der Waals surface area (Å²) < 4.78 is 11.9. The minimum absolute atomic E-state index is 0.0720. The summed E-state index contributed by atoms with van der Waals surface area (Å²) in [5, 5.41) is 24.2. The van der Waals surface area contributed by atoms with E-state index in [0.29, 0.717) is 16.6 Å². The predicted molar refractivity (Wildman–Crippen MR) is 127 cm³/mol. The van der Waals surface area contributed by atoms with Gasteiger partial charge in [0.1, 0.15) is 17.8 Å². The molecule has 0 radical (unpaired) electrons. The lowest BCUT2D eigenvalue weighted by Gasteiger charge is -2.28. The van der Waals surface area contributed by atoms with Gasteiger partial charge in [-0.2, -0.15) is 0 Å². The van der Waals surface area contributed by atoms with E-state index < -0.39 is 18.0 Å². The van der Waals surface area contributed by atoms with Crippen LogP contribution in [-0.2, 0) is 16.0 Å². The van der Waals surface area contributed by atoms with Crippen molar-refractivity contribution in [1.29, 1.82) is 0 Å². The summed E-state index contributed by atoms with van der Waals surface area (Å²) in [6.07, 6.45) is -0.540. The molecular weight excluding hydrogens is 465 g/mol. The van der Waals surface area contributed by atoms with Crippen LogP contribution in [-0.4, -0.2) is 47.1 Å². The van der Waals surface area contributed by atoms with Crippen molar-refractivity contribution in [3.63, 3.8) is 0 Å². The quantitative estimate of drug-likeness (QED) is 0.448. The van der Waals surface area contributed by atoms with Crippen molar-refractivity contribution in [3.05, 3.63) is 63.1 Å². The molecule has 1 fully saturated rings. The summed E-state index contributed by atoms with van der Waals surface area (Å²) in [4.78, 5) is 11.3. The normalized spacial score (nSPS) is 22.8. The largest absolute Gasteiger partial charge is 0.488 e. The number of aliphatic hydroxyl groups excluding tert-OH is 1. The number of β-amino-alcohol motifs (C(OH)–C–C–N with tert-alkyl or cyclic N) is 1. The van der Waals surface area contributed by atoms with E-state index in [0.717, 1.165) is 28.9 Å². The number of carbonyl (C=O) groups is 1. The number of carboxylic acid groups (broad SMARTS) is 1. The summed E-state index contributed by atoms with van der Waals surface area (Å²) in [6.45, 7) is 6.56. The van der Waals surface area contributed by atoms with E-state index in [2.05, 4.69) is 19.2 Å². The molecule has 2 aromatic carbocycles. The van der Waals surface area contributed by atoms with Gasteiger partial charge in [0.2, 0.25) is 0 Å². The lowest BCUT2D eigenvalue weighted by Crippen LogP contribution is -2.46. The number of halogens is 2. The SMILES string of the molecule is CC(OCC(O)CNC(C)(C)Cc1ccc(Cl)c(Cl)c1)c1cccc2c1OC1C(C(=O)O)C21. The Morgan fingerprint density at radius 1 is 1.24 bits per heavy atom. The predicted octanol–water partition coefficient (Wildman–Crippen LogP) is 4.60. The van der Waals surface area contributed by atoms with Gasteiger partial charge in [0.25, 0.3) is 0 Å². The van der Waals surface area contributed by atoms with E-state index in [9.17, 15) is 15.0 Å². The molecule has 0 saturated heterocycles. The van der Waals surface area contributed by atoms with Crippen molar-refractivity contribution in [1.82, 2.24) is 5.32 Å². The average molecular weight is 494 g/mol. The van der Waals surface area contributed by atoms with Crippen molar-refractivity contribution < 1.29 is 24.5 Å². The third kappa shape index (κ3) is 5.31. The highest BCUT2D eigenvalue weighted by Crippen LogP contribution is 2.59. The van der Waals surface area contributed by atoms with Crippen LogP contribution in [0.5, 0.6) is 5.75 Å². The molecule has 2 aliphatic rings. The summed E-state index contributed by atoms with van der Waals surface area (Å²) in [7, 11) is 0. The van der Waals surface area contributed by atoms with Crippen LogP contribution in [0.25, 0.3) is 0 Å². The van der Waals surface area contributed by atoms with Gasteiger partial charge in [0, 0.05) is 29.1 Å². The second kappa shape index (κ2) is 9.43. The highest BCUT2D eigenvalue weighted by Gasteiger charge is 2.63. The summed E-state index contributed by atoms with van der Waals surface area (Å²) in [5.41, 5.74) is 2.61. The molecular formula is C25H29Cl2NO5. The first kappa shape index (κ1) is 24.3. The van der Waals surface area contributed by atoms with Crippen LogP contribution in [0.4, 0.5) is 0 Å². The van der Waals surface area contributed by atoms with Crippen molar-refractivity contribution in [3.8, 4) is 5.75 Å². The maximum atomic E-state index is 11.3. The Hall–Kier alpha value is -1.83. The number of fused-ring (bicyclic) bond motifs is 3. The molecule has 1 heterocycles. The number of hydrogen-bond acceptors (Lipinski definition) is 5. The highest BCUT2D eigenvalue weighted by atomic mass is 35.5. The van der Waals surface area contributed by atoms with Gasteiger partial charge < -0.3 is 25.0 Å². The van der Waals surface area contributed by atoms with Crippen LogP contribution in [0.1, 0.15) is 49.5 Å². The number of benzene rings is 2. The smallest absolute Gasteiger partial charge is 0.311 e. The Morgan fingerprint density at radius 3 is 2.70 bits per heavy atom. The Balaban J connectivity index is 1.27. The first-order chi connectivity index (χ1) is 15.6. The van der Waals surface area contributed by atoms with Crippen molar-refractivity contribution in [2.45, 2.75) is 57.0 Å². The fourth-order valence-corrected chi connectivity index (χ4v) is 4.86. The van der Waals surface area contributed by atoms with E-state index in [1.54, 1.807) is 6.07 Å². The van der Waals surface area contributed by atoms with Gasteiger partial charge in [0.15, 0.2) is 0 Å². The number of carboxylic acids is 1. The van der Waals surface area contributed by atoms with Gasteiger partial charge >= 0.3 is 5.97 Å². The summed E-state index contributed by atoms with van der Waals surface area (Å²) in [5.74, 6) is -0.614. The molecule has 0 spiro atoms. The number of nitrogens with one attached hydrogen (secondary N) is 1. The molecule has 8 heteroatoms. The number of hydrogen-bond donors (Lipinski definition) is 3. The van der Waals surface area contributed by atoms with Crippen LogP contribution in [0.15, 0.2) is 36.4 Å². The molecule has 33 heavy (non-hydrogen) atoms. The Morgan fingerprint density at radius 2 is 2.00 bits per heavy atom. The maximum Gasteiger partial charge on any atom is 0.311 e. The zero-order chi connectivity index (χ0) is 23.9. The van der Waals surface area contributed by atoms with E-state index in [-0.39, 0.29) is 30.3 Å². The van der Waals surface area contributed by atoms with Gasteiger partial charge in [-0.3, -0.25) is 4.79 Å². The molecule has 0 amide bonds. The van der Waals surface area contributed by atoms with Gasteiger partial charge in [-0.05, 0) is 44.9 Å². The minimum atomic E-state index is -0.817. The number of aliphatic carboxylic acids is 1. The lowest BCUT2D eigenvalue weighted by atomic mass is 9.94. The zero-order valence-electron chi connectivity index (χ0n) is 18.8. The Labute approximate surface area is 203 Å². The van der Waals surface area contributed by atoms with Crippen molar-refractivity contribution in [2.75, 3.05) is 13.2 Å². The fraction of sp³-hybridized carbons (Fsp3) is 0.480. The first-order valence-corrected chi connectivity index (χ1v) is 11.8. The molecule has 0 aromatic heterocycles. The molecule has 4 rings (SSSR count). The Kier molecular flexibility index (Phi) is 6.95. The molecule has 3 N–H and O–H groups in total. The van der Waals surface area contributed by atoms with Gasteiger partial charge in [0.05, 0.1) is 28.9 Å². The number of rotatable bonds is 10. The summed E-state index contributed by atoms with van der Waals surface area (Å²) >= 11 is 12.1. The average Bonchev–Trinajstić information content (AvgIpc) is 3.35. The summed E-state index contributed by atoms with van der Waals surface area (Å²) in [6, 6.07) is 11.3. The highest BCUT2D eigenvalue weighted by molar-refractivity contribution is 6.42. The maximum absolute atomic E-state index is 11.3. The van der Waals surface area contributed by atoms with E-state index >= 15 is 0 Å². The molecule has 1 saturated carbocycles. The molecule has 2 aromatic rings. The monoisotopic (exact) mass is 493 g/mol. The van der Waals surface area contributed by atoms with E-state index in [4.69, 9.17) is 32.7 Å².